The molecule has 28 heavy (non-hydrogen) atoms. The lowest BCUT2D eigenvalue weighted by Crippen LogP contribution is -2.55. The maximum atomic E-state index is 13.2. The first-order valence-electron chi connectivity index (χ1n) is 9.40. The third kappa shape index (κ3) is 3.81. The van der Waals surface area contributed by atoms with Gasteiger partial charge in [0.15, 0.2) is 19.7 Å². The molecular formula is C20H24N2O4S2. The van der Waals surface area contributed by atoms with Crippen molar-refractivity contribution in [3.63, 3.8) is 0 Å². The minimum Gasteiger partial charge on any atom is -0.369 e. The van der Waals surface area contributed by atoms with E-state index in [2.05, 4.69) is 21.9 Å². The Hall–Kier alpha value is -1.90. The summed E-state index contributed by atoms with van der Waals surface area (Å²) in [6.45, 7) is 2.79. The molecule has 0 saturated carbocycles. The molecule has 2 heterocycles. The Morgan fingerprint density at radius 3 is 1.96 bits per heavy atom. The average molecular weight is 421 g/mol. The molecule has 0 aromatic heterocycles. The van der Waals surface area contributed by atoms with Gasteiger partial charge in [-0.1, -0.05) is 36.4 Å². The molecule has 150 valence electrons. The molecule has 0 N–H and O–H groups in total. The average Bonchev–Trinajstić information content (AvgIpc) is 3.06. The van der Waals surface area contributed by atoms with Crippen LogP contribution in [0, 0.1) is 0 Å². The first kappa shape index (κ1) is 19.4. The number of hydrogen-bond acceptors (Lipinski definition) is 6. The van der Waals surface area contributed by atoms with Gasteiger partial charge in [-0.3, -0.25) is 4.90 Å². The third-order valence-electron chi connectivity index (χ3n) is 5.65. The highest BCUT2D eigenvalue weighted by molar-refractivity contribution is 7.96. The molecule has 0 unspecified atom stereocenters. The fourth-order valence-electron chi connectivity index (χ4n) is 4.17. The lowest BCUT2D eigenvalue weighted by atomic mass is 10.1. The van der Waals surface area contributed by atoms with Crippen molar-refractivity contribution in [2.24, 2.45) is 0 Å². The van der Waals surface area contributed by atoms with Gasteiger partial charge in [0.05, 0.1) is 21.7 Å². The molecule has 2 aliphatic rings. The van der Waals surface area contributed by atoms with Gasteiger partial charge in [0, 0.05) is 37.9 Å². The molecule has 0 amide bonds. The number of sulfone groups is 2. The highest BCUT2D eigenvalue weighted by Crippen LogP contribution is 2.30. The maximum Gasteiger partial charge on any atom is 0.183 e. The number of piperazine rings is 1. The van der Waals surface area contributed by atoms with Crippen molar-refractivity contribution in [1.82, 2.24) is 4.90 Å². The molecule has 0 radical (unpaired) electrons. The van der Waals surface area contributed by atoms with Crippen LogP contribution >= 0.6 is 0 Å². The number of anilines is 1. The van der Waals surface area contributed by atoms with Gasteiger partial charge in [-0.15, -0.1) is 0 Å². The lowest BCUT2D eigenvalue weighted by molar-refractivity contribution is 0.201. The lowest BCUT2D eigenvalue weighted by Gasteiger charge is -2.40. The summed E-state index contributed by atoms with van der Waals surface area (Å²) in [5, 5.41) is -0.914. The van der Waals surface area contributed by atoms with Crippen molar-refractivity contribution < 1.29 is 16.8 Å². The second-order valence-corrected chi connectivity index (χ2v) is 11.7. The van der Waals surface area contributed by atoms with E-state index in [4.69, 9.17) is 0 Å². The van der Waals surface area contributed by atoms with E-state index in [0.717, 1.165) is 18.8 Å². The summed E-state index contributed by atoms with van der Waals surface area (Å²) in [6, 6.07) is 17.8. The number of hydrogen-bond donors (Lipinski definition) is 0. The van der Waals surface area contributed by atoms with Gasteiger partial charge in [-0.05, 0) is 24.3 Å². The molecule has 8 heteroatoms. The predicted octanol–water partition coefficient (Wildman–Crippen LogP) is 1.45. The zero-order chi connectivity index (χ0) is 19.8. The second-order valence-electron chi connectivity index (χ2n) is 7.40. The Bertz CT molecular complexity index is 1020. The van der Waals surface area contributed by atoms with Crippen LogP contribution in [0.4, 0.5) is 5.69 Å². The molecule has 6 nitrogen and oxygen atoms in total. The van der Waals surface area contributed by atoms with Gasteiger partial charge in [-0.2, -0.15) is 0 Å². The van der Waals surface area contributed by atoms with Gasteiger partial charge < -0.3 is 4.90 Å². The van der Waals surface area contributed by atoms with Crippen LogP contribution in [-0.2, 0) is 19.7 Å². The van der Waals surface area contributed by atoms with Crippen molar-refractivity contribution >= 4 is 25.4 Å². The van der Waals surface area contributed by atoms with E-state index in [1.807, 2.05) is 18.2 Å². The van der Waals surface area contributed by atoms with E-state index < -0.39 is 31.0 Å². The number of rotatable bonds is 4. The van der Waals surface area contributed by atoms with E-state index in [0.29, 0.717) is 13.1 Å². The van der Waals surface area contributed by atoms with E-state index in [1.54, 1.807) is 30.3 Å². The number of para-hydroxylation sites is 1. The fourth-order valence-corrected chi connectivity index (χ4v) is 9.02. The fraction of sp³-hybridized carbons (Fsp3) is 0.400. The maximum absolute atomic E-state index is 13.2. The highest BCUT2D eigenvalue weighted by atomic mass is 32.2. The summed E-state index contributed by atoms with van der Waals surface area (Å²) < 4.78 is 51.0. The van der Waals surface area contributed by atoms with Crippen LogP contribution in [0.3, 0.4) is 0 Å². The Morgan fingerprint density at radius 1 is 0.786 bits per heavy atom. The summed E-state index contributed by atoms with van der Waals surface area (Å²) >= 11 is 0. The standard InChI is InChI=1S/C20H24N2O4S2/c23-27(24)15-19(20(16-27)28(25,26)18-9-5-2-6-10-18)22-13-11-21(12-14-22)17-7-3-1-4-8-17/h1-10,19-20H,11-16H2/t19-,20-/m0/s1. The minimum absolute atomic E-state index is 0.0882. The van der Waals surface area contributed by atoms with Crippen LogP contribution in [0.15, 0.2) is 65.6 Å². The summed E-state index contributed by atoms with van der Waals surface area (Å²) in [5.74, 6) is -0.386. The zero-order valence-electron chi connectivity index (χ0n) is 15.5. The van der Waals surface area contributed by atoms with E-state index in [1.165, 1.54) is 0 Å². The molecule has 2 fully saturated rings. The molecule has 2 saturated heterocycles. The van der Waals surface area contributed by atoms with E-state index in [9.17, 15) is 16.8 Å². The van der Waals surface area contributed by atoms with Crippen LogP contribution in [0.5, 0.6) is 0 Å². The third-order valence-corrected chi connectivity index (χ3v) is 9.78. The molecular weight excluding hydrogens is 396 g/mol. The molecule has 2 aromatic rings. The monoisotopic (exact) mass is 420 g/mol. The summed E-state index contributed by atoms with van der Waals surface area (Å²) in [6.07, 6.45) is 0. The topological polar surface area (TPSA) is 74.8 Å². The van der Waals surface area contributed by atoms with Crippen LogP contribution in [-0.4, -0.2) is 70.7 Å². The van der Waals surface area contributed by atoms with Crippen LogP contribution in [0.1, 0.15) is 0 Å². The largest absolute Gasteiger partial charge is 0.369 e. The summed E-state index contributed by atoms with van der Waals surface area (Å²) in [4.78, 5) is 4.50. The highest BCUT2D eigenvalue weighted by Gasteiger charge is 2.48. The second kappa shape index (κ2) is 7.50. The van der Waals surface area contributed by atoms with Crippen molar-refractivity contribution in [1.29, 1.82) is 0 Å². The van der Waals surface area contributed by atoms with E-state index in [-0.39, 0.29) is 16.4 Å². The Kier molecular flexibility index (Phi) is 5.20. The van der Waals surface area contributed by atoms with E-state index >= 15 is 0 Å². The smallest absolute Gasteiger partial charge is 0.183 e. The molecule has 2 aliphatic heterocycles. The van der Waals surface area contributed by atoms with Crippen molar-refractivity contribution in [2.45, 2.75) is 16.2 Å². The van der Waals surface area contributed by atoms with Crippen LogP contribution in [0.2, 0.25) is 0 Å². The van der Waals surface area contributed by atoms with Gasteiger partial charge in [0.25, 0.3) is 0 Å². The normalized spacial score (nSPS) is 25.6. The SMILES string of the molecule is O=S1(=O)C[C@H](N2CCN(c3ccccc3)CC2)[C@@H](S(=O)(=O)c2ccccc2)C1. The Morgan fingerprint density at radius 2 is 1.36 bits per heavy atom. The molecule has 2 atom stereocenters. The molecule has 0 bridgehead atoms. The number of benzene rings is 2. The molecule has 0 aliphatic carbocycles. The zero-order valence-corrected chi connectivity index (χ0v) is 17.1. The van der Waals surface area contributed by atoms with Gasteiger partial charge in [0.2, 0.25) is 0 Å². The predicted molar refractivity (Wildman–Crippen MR) is 110 cm³/mol. The first-order chi connectivity index (χ1) is 13.4. The minimum atomic E-state index is -3.71. The summed E-state index contributed by atoms with van der Waals surface area (Å²) in [5.41, 5.74) is 1.13. The molecule has 0 spiro atoms. The number of nitrogens with zero attached hydrogens (tertiary/aromatic N) is 2. The van der Waals surface area contributed by atoms with Crippen LogP contribution < -0.4 is 4.90 Å². The Labute approximate surface area is 166 Å². The van der Waals surface area contributed by atoms with Gasteiger partial charge in [-0.25, -0.2) is 16.8 Å². The first-order valence-corrected chi connectivity index (χ1v) is 12.8. The quantitative estimate of drug-likeness (QED) is 0.745. The van der Waals surface area contributed by atoms with Crippen molar-refractivity contribution in [3.8, 4) is 0 Å². The van der Waals surface area contributed by atoms with Gasteiger partial charge in [0.1, 0.15) is 0 Å². The molecule has 4 rings (SSSR count). The van der Waals surface area contributed by atoms with Crippen molar-refractivity contribution in [2.75, 3.05) is 42.6 Å². The van der Waals surface area contributed by atoms with Gasteiger partial charge >= 0.3 is 0 Å². The molecule has 2 aromatic carbocycles. The summed E-state index contributed by atoms with van der Waals surface area (Å²) in [7, 11) is -7.09. The Balaban J connectivity index is 1.55. The van der Waals surface area contributed by atoms with Crippen molar-refractivity contribution in [3.05, 3.63) is 60.7 Å². The van der Waals surface area contributed by atoms with Crippen LogP contribution in [0.25, 0.3) is 0 Å².